The highest BCUT2D eigenvalue weighted by atomic mass is 16.2. The van der Waals surface area contributed by atoms with Gasteiger partial charge in [0, 0.05) is 23.5 Å². The number of primary amides is 1. The largest absolute Gasteiger partial charge is 0.361 e. The van der Waals surface area contributed by atoms with Crippen LogP contribution in [0, 0.1) is 19.8 Å². The van der Waals surface area contributed by atoms with E-state index in [-0.39, 0.29) is 0 Å². The number of carbonyl (C=O) groups excluding carboxylic acids is 2. The van der Waals surface area contributed by atoms with Gasteiger partial charge in [0.05, 0.1) is 6.21 Å². The second kappa shape index (κ2) is 6.17. The molecule has 0 aliphatic heterocycles. The van der Waals surface area contributed by atoms with Gasteiger partial charge in [0.25, 0.3) is 0 Å². The molecule has 104 valence electrons. The number of nitrogens with one attached hydrogen (secondary N) is 1. The van der Waals surface area contributed by atoms with Gasteiger partial charge in [-0.25, -0.2) is 5.43 Å². The molecular weight excluding hydrogens is 244 g/mol. The Morgan fingerprint density at radius 2 is 2.11 bits per heavy atom. The highest BCUT2D eigenvalue weighted by molar-refractivity contribution is 6.34. The molecule has 0 aromatic carbocycles. The second-order valence-electron chi connectivity index (χ2n) is 4.89. The van der Waals surface area contributed by atoms with Gasteiger partial charge in [-0.2, -0.15) is 5.10 Å². The highest BCUT2D eigenvalue weighted by Crippen LogP contribution is 2.15. The van der Waals surface area contributed by atoms with Crippen LogP contribution in [0.5, 0.6) is 0 Å². The molecule has 0 fully saturated rings. The Kier molecular flexibility index (Phi) is 4.86. The van der Waals surface area contributed by atoms with E-state index in [0.717, 1.165) is 23.5 Å². The summed E-state index contributed by atoms with van der Waals surface area (Å²) in [6.45, 7) is 9.25. The van der Waals surface area contributed by atoms with E-state index >= 15 is 0 Å². The van der Waals surface area contributed by atoms with Crippen LogP contribution in [-0.4, -0.2) is 22.6 Å². The first-order valence-electron chi connectivity index (χ1n) is 6.12. The van der Waals surface area contributed by atoms with E-state index in [1.165, 1.54) is 6.21 Å². The van der Waals surface area contributed by atoms with Crippen molar-refractivity contribution >= 4 is 18.0 Å². The fourth-order valence-corrected chi connectivity index (χ4v) is 1.82. The van der Waals surface area contributed by atoms with Crippen molar-refractivity contribution in [1.29, 1.82) is 0 Å². The van der Waals surface area contributed by atoms with Crippen LogP contribution in [0.2, 0.25) is 0 Å². The average molecular weight is 264 g/mol. The smallest absolute Gasteiger partial charge is 0.329 e. The molecule has 6 nitrogen and oxygen atoms in total. The van der Waals surface area contributed by atoms with E-state index in [1.54, 1.807) is 0 Å². The van der Waals surface area contributed by atoms with Gasteiger partial charge in [0.1, 0.15) is 0 Å². The Hall–Kier alpha value is -2.11. The number of hydrogen-bond donors (Lipinski definition) is 2. The number of nitrogens with two attached hydrogens (primary N) is 1. The minimum atomic E-state index is -1.05. The zero-order valence-electron chi connectivity index (χ0n) is 11.7. The lowest BCUT2D eigenvalue weighted by molar-refractivity contribution is -0.137. The molecule has 3 N–H and O–H groups in total. The molecule has 0 aliphatic carbocycles. The minimum Gasteiger partial charge on any atom is -0.361 e. The summed E-state index contributed by atoms with van der Waals surface area (Å²) in [6.07, 6.45) is 1.51. The molecule has 0 atom stereocenters. The lowest BCUT2D eigenvalue weighted by atomic mass is 10.2. The predicted octanol–water partition coefficient (Wildman–Crippen LogP) is 0.696. The van der Waals surface area contributed by atoms with Crippen molar-refractivity contribution in [2.45, 2.75) is 34.2 Å². The summed E-state index contributed by atoms with van der Waals surface area (Å²) < 4.78 is 2.20. The van der Waals surface area contributed by atoms with E-state index in [0.29, 0.717) is 5.92 Å². The number of rotatable bonds is 4. The first kappa shape index (κ1) is 14.9. The molecule has 0 spiro atoms. The summed E-state index contributed by atoms with van der Waals surface area (Å²) in [4.78, 5) is 21.5. The van der Waals surface area contributed by atoms with Gasteiger partial charge < -0.3 is 10.3 Å². The number of aryl methyl sites for hydroxylation is 1. The van der Waals surface area contributed by atoms with Gasteiger partial charge in [0.15, 0.2) is 0 Å². The number of carbonyl (C=O) groups is 2. The summed E-state index contributed by atoms with van der Waals surface area (Å²) in [5.74, 6) is -1.43. The van der Waals surface area contributed by atoms with Crippen LogP contribution in [0.4, 0.5) is 0 Å². The van der Waals surface area contributed by atoms with Crippen LogP contribution >= 0.6 is 0 Å². The van der Waals surface area contributed by atoms with E-state index in [2.05, 4.69) is 28.9 Å². The molecule has 0 saturated heterocycles. The predicted molar refractivity (Wildman–Crippen MR) is 73.7 cm³/mol. The third-order valence-corrected chi connectivity index (χ3v) is 2.75. The van der Waals surface area contributed by atoms with Crippen LogP contribution < -0.4 is 11.2 Å². The summed E-state index contributed by atoms with van der Waals surface area (Å²) >= 11 is 0. The van der Waals surface area contributed by atoms with Crippen LogP contribution in [0.25, 0.3) is 0 Å². The van der Waals surface area contributed by atoms with E-state index in [1.807, 2.05) is 19.9 Å². The number of hydrogen-bond acceptors (Lipinski definition) is 3. The Morgan fingerprint density at radius 3 is 2.63 bits per heavy atom. The molecule has 0 unspecified atom stereocenters. The zero-order valence-corrected chi connectivity index (χ0v) is 11.7. The van der Waals surface area contributed by atoms with Crippen molar-refractivity contribution in [3.63, 3.8) is 0 Å². The molecular formula is C13H20N4O2. The minimum absolute atomic E-state index is 0.546. The van der Waals surface area contributed by atoms with Gasteiger partial charge in [-0.3, -0.25) is 9.59 Å². The SMILES string of the molecule is Cc1cc(/C=N\NC(=O)C(N)=O)c(C)n1CC(C)C. The third kappa shape index (κ3) is 3.94. The van der Waals surface area contributed by atoms with E-state index < -0.39 is 11.8 Å². The monoisotopic (exact) mass is 264 g/mol. The fraction of sp³-hybridized carbons (Fsp3) is 0.462. The fourth-order valence-electron chi connectivity index (χ4n) is 1.82. The topological polar surface area (TPSA) is 89.5 Å². The first-order chi connectivity index (χ1) is 8.82. The maximum Gasteiger partial charge on any atom is 0.329 e. The molecule has 2 amide bonds. The summed E-state index contributed by atoms with van der Waals surface area (Å²) in [5, 5.41) is 3.72. The van der Waals surface area contributed by atoms with Crippen molar-refractivity contribution < 1.29 is 9.59 Å². The number of aromatic nitrogens is 1. The van der Waals surface area contributed by atoms with Crippen molar-refractivity contribution in [2.75, 3.05) is 0 Å². The van der Waals surface area contributed by atoms with Crippen molar-refractivity contribution in [1.82, 2.24) is 9.99 Å². The second-order valence-corrected chi connectivity index (χ2v) is 4.89. The van der Waals surface area contributed by atoms with Gasteiger partial charge in [-0.15, -0.1) is 0 Å². The lowest BCUT2D eigenvalue weighted by Crippen LogP contribution is -2.32. The Bertz CT molecular complexity index is 515. The molecule has 0 aliphatic rings. The highest BCUT2D eigenvalue weighted by Gasteiger charge is 2.09. The van der Waals surface area contributed by atoms with E-state index in [4.69, 9.17) is 5.73 Å². The Morgan fingerprint density at radius 1 is 1.47 bits per heavy atom. The zero-order chi connectivity index (χ0) is 14.6. The Labute approximate surface area is 112 Å². The number of amides is 2. The van der Waals surface area contributed by atoms with Crippen molar-refractivity contribution in [2.24, 2.45) is 16.8 Å². The van der Waals surface area contributed by atoms with E-state index in [9.17, 15) is 9.59 Å². The maximum absolute atomic E-state index is 10.9. The third-order valence-electron chi connectivity index (χ3n) is 2.75. The van der Waals surface area contributed by atoms with Crippen LogP contribution in [0.15, 0.2) is 11.2 Å². The standard InChI is InChI=1S/C13H20N4O2/c1-8(2)7-17-9(3)5-11(10(17)4)6-15-16-13(19)12(14)18/h5-6,8H,7H2,1-4H3,(H2,14,18)(H,16,19)/b15-6-. The summed E-state index contributed by atoms with van der Waals surface area (Å²) in [5.41, 5.74) is 9.98. The average Bonchev–Trinajstić information content (AvgIpc) is 2.56. The van der Waals surface area contributed by atoms with Crippen LogP contribution in [0.3, 0.4) is 0 Å². The number of nitrogens with zero attached hydrogens (tertiary/aromatic N) is 2. The molecule has 1 heterocycles. The molecule has 0 radical (unpaired) electrons. The molecule has 0 saturated carbocycles. The van der Waals surface area contributed by atoms with Gasteiger partial charge in [-0.05, 0) is 25.8 Å². The van der Waals surface area contributed by atoms with Crippen molar-refractivity contribution in [3.8, 4) is 0 Å². The summed E-state index contributed by atoms with van der Waals surface area (Å²) in [7, 11) is 0. The lowest BCUT2D eigenvalue weighted by Gasteiger charge is -2.11. The molecule has 6 heteroatoms. The molecule has 1 aromatic heterocycles. The molecule has 1 aromatic rings. The molecule has 1 rings (SSSR count). The number of hydrazone groups is 1. The van der Waals surface area contributed by atoms with Gasteiger partial charge in [0.2, 0.25) is 0 Å². The quantitative estimate of drug-likeness (QED) is 0.476. The Balaban J connectivity index is 2.83. The van der Waals surface area contributed by atoms with Crippen molar-refractivity contribution in [3.05, 3.63) is 23.0 Å². The van der Waals surface area contributed by atoms with Crippen LogP contribution in [-0.2, 0) is 16.1 Å². The molecule has 0 bridgehead atoms. The maximum atomic E-state index is 10.9. The normalized spacial score (nSPS) is 11.2. The molecule has 19 heavy (non-hydrogen) atoms. The van der Waals surface area contributed by atoms with Gasteiger partial charge >= 0.3 is 11.8 Å². The first-order valence-corrected chi connectivity index (χ1v) is 6.12. The summed E-state index contributed by atoms with van der Waals surface area (Å²) in [6, 6.07) is 1.98. The van der Waals surface area contributed by atoms with Crippen LogP contribution in [0.1, 0.15) is 30.8 Å². The van der Waals surface area contributed by atoms with Gasteiger partial charge in [-0.1, -0.05) is 13.8 Å².